The van der Waals surface area contributed by atoms with Gasteiger partial charge in [0.25, 0.3) is 0 Å². The first-order valence-corrected chi connectivity index (χ1v) is 28.1. The van der Waals surface area contributed by atoms with Gasteiger partial charge in [0.05, 0.1) is 24.6 Å². The summed E-state index contributed by atoms with van der Waals surface area (Å²) in [5, 5.41) is 22.2. The quantitative estimate of drug-likeness (QED) is 0.0781. The standard InChI is InChI=1S/C38H42N2O2.C30H34N2O3/c1-29-12-21-37-36(26-29)30(2)38(33-15-19-35(20-16-33)42-28-32-10-5-3-6-11-32)40(37)27-31-13-17-34(18-14-31)41-25-9-24-39-22-7-4-8-23-39;1-22-28-20-26(34)12-15-29(28)32(30(22)24-8-10-25(33)11-9-24)21-23-6-13-27(14-7-23)35-19-5-18-31-16-3-2-4-17-31/h3,5-6,10-21,26H,4,7-9,22-25,27-28H2,1-2H3;6-15,20,33-34H,2-5,16-19,21H2,1H3. The molecule has 2 fully saturated rings. The first-order chi connectivity index (χ1) is 37.7. The minimum atomic E-state index is 0.248. The Balaban J connectivity index is 0.000000178. The van der Waals surface area contributed by atoms with E-state index in [1.54, 1.807) is 18.2 Å². The normalized spacial score (nSPS) is 14.1. The molecule has 9 heteroatoms. The van der Waals surface area contributed by atoms with Gasteiger partial charge in [-0.2, -0.15) is 0 Å². The molecule has 2 aromatic heterocycles. The van der Waals surface area contributed by atoms with Gasteiger partial charge in [0.1, 0.15) is 35.4 Å². The van der Waals surface area contributed by atoms with E-state index in [0.29, 0.717) is 13.2 Å². The van der Waals surface area contributed by atoms with E-state index in [4.69, 9.17) is 14.2 Å². The van der Waals surface area contributed by atoms with Gasteiger partial charge in [-0.25, -0.2) is 0 Å². The number of hydrogen-bond donors (Lipinski definition) is 2. The lowest BCUT2D eigenvalue weighted by atomic mass is 10.1. The number of hydrogen-bond acceptors (Lipinski definition) is 7. The van der Waals surface area contributed by atoms with Crippen LogP contribution in [0, 0.1) is 20.8 Å². The SMILES string of the molecule is Cc1c(-c2ccc(O)cc2)n(Cc2ccc(OCCCN3CCCCC3)cc2)c2ccc(O)cc12.Cc1ccc2c(c1)c(C)c(-c1ccc(OCc3ccccc3)cc1)n2Cc1ccc(OCCCN2CCCCC2)cc1. The molecule has 77 heavy (non-hydrogen) atoms. The molecule has 9 aromatic rings. The number of aryl methyl sites for hydroxylation is 3. The van der Waals surface area contributed by atoms with Crippen LogP contribution in [0.1, 0.15) is 84.7 Å². The molecule has 2 saturated heterocycles. The lowest BCUT2D eigenvalue weighted by Gasteiger charge is -2.26. The van der Waals surface area contributed by atoms with Gasteiger partial charge in [0, 0.05) is 48.0 Å². The first kappa shape index (κ1) is 53.0. The minimum Gasteiger partial charge on any atom is -0.508 e. The molecule has 0 saturated carbocycles. The second-order valence-corrected chi connectivity index (χ2v) is 21.2. The molecule has 9 nitrogen and oxygen atoms in total. The molecule has 0 spiro atoms. The Morgan fingerprint density at radius 1 is 0.416 bits per heavy atom. The third kappa shape index (κ3) is 13.6. The maximum absolute atomic E-state index is 10.1. The molecule has 0 atom stereocenters. The average Bonchev–Trinajstić information content (AvgIpc) is 4.03. The highest BCUT2D eigenvalue weighted by Gasteiger charge is 2.19. The van der Waals surface area contributed by atoms with Gasteiger partial charge >= 0.3 is 0 Å². The van der Waals surface area contributed by atoms with Gasteiger partial charge < -0.3 is 43.4 Å². The fraction of sp³-hybridized carbons (Fsp3) is 0.324. The van der Waals surface area contributed by atoms with Crippen LogP contribution in [0.25, 0.3) is 44.3 Å². The minimum absolute atomic E-state index is 0.248. The Morgan fingerprint density at radius 3 is 1.38 bits per heavy atom. The van der Waals surface area contributed by atoms with Crippen LogP contribution in [0.4, 0.5) is 0 Å². The maximum Gasteiger partial charge on any atom is 0.119 e. The Kier molecular flexibility index (Phi) is 17.6. The summed E-state index contributed by atoms with van der Waals surface area (Å²) in [6, 6.07) is 55.5. The smallest absolute Gasteiger partial charge is 0.119 e. The largest absolute Gasteiger partial charge is 0.508 e. The number of phenolic OH excluding ortho intramolecular Hbond substituents is 2. The second-order valence-electron chi connectivity index (χ2n) is 21.2. The van der Waals surface area contributed by atoms with E-state index < -0.39 is 0 Å². The lowest BCUT2D eigenvalue weighted by Crippen LogP contribution is -2.31. The molecule has 7 aromatic carbocycles. The first-order valence-electron chi connectivity index (χ1n) is 28.1. The number of aromatic nitrogens is 2. The third-order valence-corrected chi connectivity index (χ3v) is 15.5. The van der Waals surface area contributed by atoms with Crippen LogP contribution in [0.3, 0.4) is 0 Å². The topological polar surface area (TPSA) is 84.5 Å². The highest BCUT2D eigenvalue weighted by atomic mass is 16.5. The third-order valence-electron chi connectivity index (χ3n) is 15.5. The summed E-state index contributed by atoms with van der Waals surface area (Å²) in [7, 11) is 0. The van der Waals surface area contributed by atoms with Crippen molar-refractivity contribution in [1.29, 1.82) is 0 Å². The van der Waals surface area contributed by atoms with Crippen LogP contribution < -0.4 is 14.2 Å². The van der Waals surface area contributed by atoms with Crippen molar-refractivity contribution < 1.29 is 24.4 Å². The summed E-state index contributed by atoms with van der Waals surface area (Å²) in [5.74, 6) is 3.25. The van der Waals surface area contributed by atoms with Gasteiger partial charge in [-0.05, 0) is 228 Å². The van der Waals surface area contributed by atoms with Gasteiger partial charge in [-0.15, -0.1) is 0 Å². The lowest BCUT2D eigenvalue weighted by molar-refractivity contribution is 0.205. The zero-order valence-electron chi connectivity index (χ0n) is 45.4. The zero-order valence-corrected chi connectivity index (χ0v) is 45.4. The summed E-state index contributed by atoms with van der Waals surface area (Å²) in [5.41, 5.74) is 14.2. The number of rotatable bonds is 19. The van der Waals surface area contributed by atoms with Crippen LogP contribution in [0.2, 0.25) is 0 Å². The number of likely N-dealkylation sites (tertiary alicyclic amines) is 2. The van der Waals surface area contributed by atoms with Crippen LogP contribution in [-0.2, 0) is 19.7 Å². The van der Waals surface area contributed by atoms with Crippen LogP contribution in [0.5, 0.6) is 28.7 Å². The highest BCUT2D eigenvalue weighted by molar-refractivity contribution is 5.93. The van der Waals surface area contributed by atoms with Crippen molar-refractivity contribution in [2.45, 2.75) is 91.8 Å². The number of piperidine rings is 2. The summed E-state index contributed by atoms with van der Waals surface area (Å²) >= 11 is 0. The van der Waals surface area contributed by atoms with Gasteiger partial charge in [0.2, 0.25) is 0 Å². The molecule has 4 heterocycles. The predicted molar refractivity (Wildman–Crippen MR) is 315 cm³/mol. The summed E-state index contributed by atoms with van der Waals surface area (Å²) in [6.07, 6.45) is 10.2. The number of ether oxygens (including phenoxy) is 3. The number of phenols is 2. The van der Waals surface area contributed by atoms with Gasteiger partial charge in [-0.3, -0.25) is 0 Å². The van der Waals surface area contributed by atoms with Crippen molar-refractivity contribution in [2.24, 2.45) is 0 Å². The Bertz CT molecular complexity index is 3300. The van der Waals surface area contributed by atoms with Crippen molar-refractivity contribution in [3.05, 3.63) is 197 Å². The maximum atomic E-state index is 10.1. The van der Waals surface area contributed by atoms with E-state index in [-0.39, 0.29) is 11.5 Å². The molecule has 2 aliphatic heterocycles. The Labute approximate surface area is 455 Å². The van der Waals surface area contributed by atoms with Crippen molar-refractivity contribution in [2.75, 3.05) is 52.5 Å². The van der Waals surface area contributed by atoms with Crippen molar-refractivity contribution in [1.82, 2.24) is 18.9 Å². The van der Waals surface area contributed by atoms with Crippen molar-refractivity contribution in [3.8, 4) is 51.3 Å². The molecule has 0 aliphatic carbocycles. The van der Waals surface area contributed by atoms with E-state index in [1.807, 2.05) is 42.5 Å². The molecule has 0 amide bonds. The predicted octanol–water partition coefficient (Wildman–Crippen LogP) is 15.1. The molecule has 2 N–H and O–H groups in total. The summed E-state index contributed by atoms with van der Waals surface area (Å²) in [4.78, 5) is 5.12. The fourth-order valence-corrected chi connectivity index (χ4v) is 11.4. The van der Waals surface area contributed by atoms with Crippen molar-refractivity contribution in [3.63, 3.8) is 0 Å². The van der Waals surface area contributed by atoms with E-state index >= 15 is 0 Å². The van der Waals surface area contributed by atoms with Crippen LogP contribution in [-0.4, -0.2) is 81.6 Å². The van der Waals surface area contributed by atoms with Crippen LogP contribution in [0.15, 0.2) is 164 Å². The van der Waals surface area contributed by atoms with E-state index in [0.717, 1.165) is 90.7 Å². The zero-order chi connectivity index (χ0) is 52.9. The highest BCUT2D eigenvalue weighted by Crippen LogP contribution is 2.38. The molecule has 2 aliphatic rings. The number of benzene rings is 7. The summed E-state index contributed by atoms with van der Waals surface area (Å²) < 4.78 is 22.9. The molecular weight excluding hydrogens is 953 g/mol. The van der Waals surface area contributed by atoms with Crippen LogP contribution >= 0.6 is 0 Å². The number of nitrogens with zero attached hydrogens (tertiary/aromatic N) is 4. The van der Waals surface area contributed by atoms with E-state index in [1.165, 1.54) is 115 Å². The second kappa shape index (κ2) is 25.6. The van der Waals surface area contributed by atoms with Crippen molar-refractivity contribution >= 4 is 21.8 Å². The number of fused-ring (bicyclic) bond motifs is 2. The van der Waals surface area contributed by atoms with Gasteiger partial charge in [-0.1, -0.05) is 79.1 Å². The molecular formula is C68H76N4O5. The van der Waals surface area contributed by atoms with E-state index in [2.05, 4.69) is 143 Å². The molecule has 0 bridgehead atoms. The molecule has 398 valence electrons. The molecule has 0 unspecified atom stereocenters. The Morgan fingerprint density at radius 2 is 0.857 bits per heavy atom. The van der Waals surface area contributed by atoms with E-state index in [9.17, 15) is 10.2 Å². The monoisotopic (exact) mass is 1030 g/mol. The number of aromatic hydroxyl groups is 2. The Hall–Kier alpha value is -7.46. The molecule has 0 radical (unpaired) electrons. The average molecular weight is 1030 g/mol. The van der Waals surface area contributed by atoms with Gasteiger partial charge in [0.15, 0.2) is 0 Å². The fourth-order valence-electron chi connectivity index (χ4n) is 11.4. The molecule has 11 rings (SSSR count). The summed E-state index contributed by atoms with van der Waals surface area (Å²) in [6.45, 7) is 17.3.